The highest BCUT2D eigenvalue weighted by molar-refractivity contribution is 7.99. The molecule has 0 amide bonds. The minimum atomic E-state index is 0.448. The van der Waals surface area contributed by atoms with Crippen LogP contribution in [0.2, 0.25) is 5.02 Å². The van der Waals surface area contributed by atoms with Gasteiger partial charge in [-0.25, -0.2) is 0 Å². The fourth-order valence-corrected chi connectivity index (χ4v) is 1.57. The molecule has 0 radical (unpaired) electrons. The van der Waals surface area contributed by atoms with Crippen LogP contribution in [0.15, 0.2) is 29.2 Å². The second-order valence-electron chi connectivity index (χ2n) is 1.88. The summed E-state index contributed by atoms with van der Waals surface area (Å²) in [5, 5.41) is 9.02. The zero-order chi connectivity index (χ0) is 8.10. The summed E-state index contributed by atoms with van der Waals surface area (Å²) >= 11 is 7.28. The Morgan fingerprint density at radius 3 is 2.82 bits per heavy atom. The summed E-state index contributed by atoms with van der Waals surface area (Å²) in [6, 6.07) is 9.56. The molecule has 0 atom stereocenters. The van der Waals surface area contributed by atoms with Crippen molar-refractivity contribution in [3.63, 3.8) is 0 Å². The molecule has 0 aromatic heterocycles. The fraction of sp³-hybridized carbons (Fsp3) is 0.125. The van der Waals surface area contributed by atoms with Crippen molar-refractivity contribution in [2.24, 2.45) is 0 Å². The first-order valence-electron chi connectivity index (χ1n) is 3.09. The zero-order valence-electron chi connectivity index (χ0n) is 5.75. The van der Waals surface area contributed by atoms with Gasteiger partial charge in [0.25, 0.3) is 0 Å². The van der Waals surface area contributed by atoms with Crippen molar-refractivity contribution in [1.29, 1.82) is 5.26 Å². The first-order chi connectivity index (χ1) is 5.34. The Bertz CT molecular complexity index is 280. The molecule has 0 unspecified atom stereocenters. The molecule has 0 aliphatic heterocycles. The number of benzene rings is 1. The lowest BCUT2D eigenvalue weighted by atomic mass is 10.4. The van der Waals surface area contributed by atoms with Crippen molar-refractivity contribution in [3.8, 4) is 6.07 Å². The van der Waals surface area contributed by atoms with E-state index in [1.807, 2.05) is 30.3 Å². The van der Waals surface area contributed by atoms with E-state index < -0.39 is 0 Å². The van der Waals surface area contributed by atoms with Crippen LogP contribution in [0.3, 0.4) is 0 Å². The number of nitriles is 1. The Balaban J connectivity index is 2.71. The monoisotopic (exact) mass is 183 g/mol. The third-order valence-electron chi connectivity index (χ3n) is 1.13. The van der Waals surface area contributed by atoms with E-state index in [1.54, 1.807) is 0 Å². The molecule has 0 saturated heterocycles. The summed E-state index contributed by atoms with van der Waals surface area (Å²) in [5.74, 6) is 0.448. The maximum Gasteiger partial charge on any atom is 0.0855 e. The summed E-state index contributed by atoms with van der Waals surface area (Å²) in [5.41, 5.74) is 0. The molecule has 1 rings (SSSR count). The molecule has 1 aromatic rings. The Hall–Kier alpha value is -0.650. The molecule has 0 N–H and O–H groups in total. The number of halogens is 1. The Morgan fingerprint density at radius 1 is 1.45 bits per heavy atom. The minimum absolute atomic E-state index is 0.448. The highest BCUT2D eigenvalue weighted by atomic mass is 35.5. The quantitative estimate of drug-likeness (QED) is 0.659. The molecule has 0 fully saturated rings. The molecule has 1 nitrogen and oxygen atoms in total. The van der Waals surface area contributed by atoms with Gasteiger partial charge in [-0.15, -0.1) is 11.8 Å². The summed E-state index contributed by atoms with van der Waals surface area (Å²) in [4.78, 5) is 0.968. The Kier molecular flexibility index (Phi) is 3.28. The molecule has 0 saturated carbocycles. The van der Waals surface area contributed by atoms with E-state index in [0.717, 1.165) is 4.90 Å². The first-order valence-corrected chi connectivity index (χ1v) is 4.45. The van der Waals surface area contributed by atoms with Gasteiger partial charge in [-0.05, 0) is 12.1 Å². The second-order valence-corrected chi connectivity index (χ2v) is 3.30. The van der Waals surface area contributed by atoms with Crippen LogP contribution < -0.4 is 0 Å². The van der Waals surface area contributed by atoms with E-state index in [1.165, 1.54) is 11.8 Å². The average Bonchev–Trinajstić information content (AvgIpc) is 2.03. The molecule has 0 spiro atoms. The molecule has 11 heavy (non-hydrogen) atoms. The van der Waals surface area contributed by atoms with Crippen molar-refractivity contribution < 1.29 is 0 Å². The van der Waals surface area contributed by atoms with Crippen LogP contribution in [0.4, 0.5) is 0 Å². The number of thioether (sulfide) groups is 1. The largest absolute Gasteiger partial charge is 0.197 e. The maximum atomic E-state index is 8.30. The first kappa shape index (κ1) is 8.45. The highest BCUT2D eigenvalue weighted by Gasteiger charge is 1.96. The van der Waals surface area contributed by atoms with Gasteiger partial charge in [0.1, 0.15) is 0 Å². The average molecular weight is 184 g/mol. The summed E-state index contributed by atoms with van der Waals surface area (Å²) in [6.07, 6.45) is 0. The second kappa shape index (κ2) is 4.27. The van der Waals surface area contributed by atoms with Crippen molar-refractivity contribution in [2.45, 2.75) is 4.90 Å². The van der Waals surface area contributed by atoms with Crippen LogP contribution in [0, 0.1) is 11.3 Å². The number of rotatable bonds is 2. The lowest BCUT2D eigenvalue weighted by molar-refractivity contribution is 1.45. The summed E-state index contributed by atoms with van der Waals surface area (Å²) in [6.45, 7) is 0. The topological polar surface area (TPSA) is 23.8 Å². The van der Waals surface area contributed by atoms with Crippen LogP contribution in [-0.4, -0.2) is 5.75 Å². The van der Waals surface area contributed by atoms with Crippen molar-refractivity contribution in [1.82, 2.24) is 0 Å². The standard InChI is InChI=1S/C8H6ClNS/c9-7-3-1-2-4-8(7)11-6-5-10/h1-4H,6H2. The lowest BCUT2D eigenvalue weighted by Crippen LogP contribution is -1.74. The normalized spacial score (nSPS) is 9.09. The predicted octanol–water partition coefficient (Wildman–Crippen LogP) is 2.96. The zero-order valence-corrected chi connectivity index (χ0v) is 7.32. The maximum absolute atomic E-state index is 8.30. The Morgan fingerprint density at radius 2 is 2.18 bits per heavy atom. The Labute approximate surface area is 75.0 Å². The van der Waals surface area contributed by atoms with Gasteiger partial charge in [0.05, 0.1) is 16.8 Å². The van der Waals surface area contributed by atoms with Gasteiger partial charge in [0, 0.05) is 4.90 Å². The third-order valence-corrected chi connectivity index (χ3v) is 2.51. The van der Waals surface area contributed by atoms with Crippen molar-refractivity contribution in [3.05, 3.63) is 29.3 Å². The SMILES string of the molecule is N#CCSc1ccccc1Cl. The van der Waals surface area contributed by atoms with Gasteiger partial charge in [-0.3, -0.25) is 0 Å². The van der Waals surface area contributed by atoms with Gasteiger partial charge in [-0.2, -0.15) is 5.26 Å². The molecule has 56 valence electrons. The van der Waals surface area contributed by atoms with Crippen molar-refractivity contribution >= 4 is 23.4 Å². The lowest BCUT2D eigenvalue weighted by Gasteiger charge is -1.97. The van der Waals surface area contributed by atoms with Gasteiger partial charge < -0.3 is 0 Å². The molecule has 0 aliphatic rings. The number of hydrogen-bond donors (Lipinski definition) is 0. The van der Waals surface area contributed by atoms with Gasteiger partial charge in [-0.1, -0.05) is 23.7 Å². The molecular weight excluding hydrogens is 178 g/mol. The molecule has 3 heteroatoms. The van der Waals surface area contributed by atoms with Gasteiger partial charge in [0.2, 0.25) is 0 Å². The molecular formula is C8H6ClNS. The smallest absolute Gasteiger partial charge is 0.0855 e. The van der Waals surface area contributed by atoms with E-state index >= 15 is 0 Å². The molecule has 1 aromatic carbocycles. The number of hydrogen-bond acceptors (Lipinski definition) is 2. The van der Waals surface area contributed by atoms with Gasteiger partial charge >= 0.3 is 0 Å². The van der Waals surface area contributed by atoms with Crippen LogP contribution in [-0.2, 0) is 0 Å². The fourth-order valence-electron chi connectivity index (χ4n) is 0.672. The van der Waals surface area contributed by atoms with Gasteiger partial charge in [0.15, 0.2) is 0 Å². The molecule has 0 bridgehead atoms. The van der Waals surface area contributed by atoms with E-state index in [2.05, 4.69) is 0 Å². The van der Waals surface area contributed by atoms with E-state index in [9.17, 15) is 0 Å². The van der Waals surface area contributed by atoms with Crippen LogP contribution in [0.5, 0.6) is 0 Å². The minimum Gasteiger partial charge on any atom is -0.197 e. The van der Waals surface area contributed by atoms with E-state index in [-0.39, 0.29) is 0 Å². The van der Waals surface area contributed by atoms with E-state index in [0.29, 0.717) is 10.8 Å². The summed E-state index contributed by atoms with van der Waals surface area (Å²) < 4.78 is 0. The third kappa shape index (κ3) is 2.45. The van der Waals surface area contributed by atoms with Crippen LogP contribution in [0.25, 0.3) is 0 Å². The number of nitrogens with zero attached hydrogens (tertiary/aromatic N) is 1. The molecule has 0 heterocycles. The van der Waals surface area contributed by atoms with E-state index in [4.69, 9.17) is 16.9 Å². The predicted molar refractivity (Wildman–Crippen MR) is 47.8 cm³/mol. The highest BCUT2D eigenvalue weighted by Crippen LogP contribution is 2.25. The van der Waals surface area contributed by atoms with Crippen LogP contribution >= 0.6 is 23.4 Å². The van der Waals surface area contributed by atoms with Crippen LogP contribution in [0.1, 0.15) is 0 Å². The summed E-state index contributed by atoms with van der Waals surface area (Å²) in [7, 11) is 0. The van der Waals surface area contributed by atoms with Crippen molar-refractivity contribution in [2.75, 3.05) is 5.75 Å². The molecule has 0 aliphatic carbocycles.